The molecule has 4 rings (SSSR count). The highest BCUT2D eigenvalue weighted by Crippen LogP contribution is 2.29. The van der Waals surface area contributed by atoms with Gasteiger partial charge in [-0.05, 0) is 31.4 Å². The minimum atomic E-state index is -0.870. The average molecular weight is 335 g/mol. The van der Waals surface area contributed by atoms with E-state index in [9.17, 15) is 13.6 Å². The van der Waals surface area contributed by atoms with E-state index in [1.165, 1.54) is 6.20 Å². The van der Waals surface area contributed by atoms with Crippen LogP contribution in [0.15, 0.2) is 28.8 Å². The molecular formula is C16H15F2N3O3. The third-order valence-electron chi connectivity index (χ3n) is 4.40. The number of nitrogens with one attached hydrogen (secondary N) is 2. The van der Waals surface area contributed by atoms with E-state index in [1.807, 2.05) is 0 Å². The second kappa shape index (κ2) is 5.86. The lowest BCUT2D eigenvalue weighted by atomic mass is 9.95. The minimum absolute atomic E-state index is 0.0575. The summed E-state index contributed by atoms with van der Waals surface area (Å²) in [5.41, 5.74) is 0. The maximum absolute atomic E-state index is 13.5. The zero-order valence-electron chi connectivity index (χ0n) is 12.6. The number of oxazole rings is 1. The highest BCUT2D eigenvalue weighted by molar-refractivity contribution is 5.90. The molecule has 0 aliphatic carbocycles. The summed E-state index contributed by atoms with van der Waals surface area (Å²) in [5, 5.41) is 6.31. The van der Waals surface area contributed by atoms with Crippen molar-refractivity contribution in [3.8, 4) is 11.7 Å². The average Bonchev–Trinajstić information content (AvgIpc) is 3.26. The van der Waals surface area contributed by atoms with Gasteiger partial charge in [-0.1, -0.05) is 0 Å². The zero-order chi connectivity index (χ0) is 16.7. The minimum Gasteiger partial charge on any atom is -0.422 e. The Bertz CT molecular complexity index is 780. The molecule has 2 fully saturated rings. The van der Waals surface area contributed by atoms with E-state index < -0.39 is 17.5 Å². The lowest BCUT2D eigenvalue weighted by Crippen LogP contribution is -2.43. The molecule has 1 amide bonds. The molecule has 24 heavy (non-hydrogen) atoms. The highest BCUT2D eigenvalue weighted by Gasteiger charge is 2.40. The molecule has 3 unspecified atom stereocenters. The molecule has 1 aromatic heterocycles. The largest absolute Gasteiger partial charge is 0.422 e. The van der Waals surface area contributed by atoms with Crippen LogP contribution >= 0.6 is 0 Å². The number of amides is 1. The van der Waals surface area contributed by atoms with Gasteiger partial charge in [0.05, 0.1) is 0 Å². The maximum Gasteiger partial charge on any atom is 0.311 e. The number of aromatic nitrogens is 1. The van der Waals surface area contributed by atoms with Gasteiger partial charge in [-0.25, -0.2) is 13.8 Å². The summed E-state index contributed by atoms with van der Waals surface area (Å²) in [7, 11) is 0. The van der Waals surface area contributed by atoms with E-state index >= 15 is 0 Å². The molecule has 2 saturated heterocycles. The van der Waals surface area contributed by atoms with Crippen LogP contribution in [0.2, 0.25) is 0 Å². The first-order valence-corrected chi connectivity index (χ1v) is 7.74. The standard InChI is InChI=1S/C16H15F2N3O3/c17-8-1-4-13(10(18)5-8)23-14-7-19-16(24-14)15(22)21-12-6-9-2-3-11(12)20-9/h1,4-5,7,9,11-12,20H,2-3,6H2,(H,21,22). The number of carbonyl (C=O) groups is 1. The van der Waals surface area contributed by atoms with Crippen LogP contribution in [0, 0.1) is 11.6 Å². The van der Waals surface area contributed by atoms with Crippen LogP contribution in [0.1, 0.15) is 29.9 Å². The number of hydrogen-bond acceptors (Lipinski definition) is 5. The molecule has 0 radical (unpaired) electrons. The van der Waals surface area contributed by atoms with Crippen LogP contribution in [-0.2, 0) is 0 Å². The second-order valence-electron chi connectivity index (χ2n) is 6.02. The monoisotopic (exact) mass is 335 g/mol. The molecule has 2 bridgehead atoms. The van der Waals surface area contributed by atoms with Gasteiger partial charge in [0.15, 0.2) is 11.6 Å². The Hall–Kier alpha value is -2.48. The molecule has 2 aromatic rings. The summed E-state index contributed by atoms with van der Waals surface area (Å²) < 4.78 is 36.8. The number of rotatable bonds is 4. The van der Waals surface area contributed by atoms with Gasteiger partial charge in [0.2, 0.25) is 0 Å². The van der Waals surface area contributed by atoms with Gasteiger partial charge in [0, 0.05) is 24.2 Å². The second-order valence-corrected chi connectivity index (χ2v) is 6.02. The normalized spacial score (nSPS) is 25.0. The first kappa shape index (κ1) is 15.1. The topological polar surface area (TPSA) is 76.4 Å². The Balaban J connectivity index is 1.41. The molecule has 3 atom stereocenters. The molecule has 2 aliphatic rings. The fourth-order valence-corrected chi connectivity index (χ4v) is 3.29. The number of ether oxygens (including phenoxy) is 1. The molecular weight excluding hydrogens is 320 g/mol. The SMILES string of the molecule is O=C(NC1CC2CCC1N2)c1ncc(Oc2ccc(F)cc2F)o1. The predicted molar refractivity (Wildman–Crippen MR) is 78.8 cm³/mol. The summed E-state index contributed by atoms with van der Waals surface area (Å²) in [6.07, 6.45) is 4.24. The summed E-state index contributed by atoms with van der Waals surface area (Å²) in [6, 6.07) is 3.70. The van der Waals surface area contributed by atoms with Crippen molar-refractivity contribution < 1.29 is 22.7 Å². The molecule has 1 aromatic carbocycles. The molecule has 6 nitrogen and oxygen atoms in total. The number of benzene rings is 1. The van der Waals surface area contributed by atoms with Crippen LogP contribution in [0.25, 0.3) is 0 Å². The van der Waals surface area contributed by atoms with Gasteiger partial charge in [-0.3, -0.25) is 4.79 Å². The van der Waals surface area contributed by atoms with E-state index in [1.54, 1.807) is 0 Å². The fourth-order valence-electron chi connectivity index (χ4n) is 3.29. The van der Waals surface area contributed by atoms with Crippen LogP contribution < -0.4 is 15.4 Å². The number of halogens is 2. The van der Waals surface area contributed by atoms with E-state index in [0.717, 1.165) is 31.4 Å². The Morgan fingerprint density at radius 1 is 1.38 bits per heavy atom. The van der Waals surface area contributed by atoms with Crippen molar-refractivity contribution in [3.05, 3.63) is 41.9 Å². The van der Waals surface area contributed by atoms with Gasteiger partial charge in [0.1, 0.15) is 12.0 Å². The van der Waals surface area contributed by atoms with E-state index in [4.69, 9.17) is 9.15 Å². The van der Waals surface area contributed by atoms with Crippen molar-refractivity contribution in [3.63, 3.8) is 0 Å². The lowest BCUT2D eigenvalue weighted by Gasteiger charge is -2.20. The van der Waals surface area contributed by atoms with Crippen molar-refractivity contribution in [2.24, 2.45) is 0 Å². The number of carbonyl (C=O) groups excluding carboxylic acids is 1. The van der Waals surface area contributed by atoms with Gasteiger partial charge in [-0.2, -0.15) is 0 Å². The number of fused-ring (bicyclic) bond motifs is 2. The Morgan fingerprint density at radius 2 is 2.25 bits per heavy atom. The van der Waals surface area contributed by atoms with Crippen molar-refractivity contribution in [1.82, 2.24) is 15.6 Å². The summed E-state index contributed by atoms with van der Waals surface area (Å²) >= 11 is 0. The van der Waals surface area contributed by atoms with Crippen molar-refractivity contribution in [2.45, 2.75) is 37.4 Å². The molecule has 2 aliphatic heterocycles. The zero-order valence-corrected chi connectivity index (χ0v) is 12.6. The first-order chi connectivity index (χ1) is 11.6. The van der Waals surface area contributed by atoms with Gasteiger partial charge >= 0.3 is 11.9 Å². The summed E-state index contributed by atoms with van der Waals surface area (Å²) in [6.45, 7) is 0. The number of nitrogens with zero attached hydrogens (tertiary/aromatic N) is 1. The van der Waals surface area contributed by atoms with Crippen LogP contribution in [0.5, 0.6) is 11.7 Å². The molecule has 3 heterocycles. The Labute approximate surface area is 136 Å². The van der Waals surface area contributed by atoms with Gasteiger partial charge in [0.25, 0.3) is 5.89 Å². The van der Waals surface area contributed by atoms with Gasteiger partial charge in [-0.15, -0.1) is 0 Å². The van der Waals surface area contributed by atoms with Crippen LogP contribution in [-0.4, -0.2) is 29.0 Å². The Kier molecular flexibility index (Phi) is 3.68. The Morgan fingerprint density at radius 3 is 2.96 bits per heavy atom. The fraction of sp³-hybridized carbons (Fsp3) is 0.375. The van der Waals surface area contributed by atoms with E-state index in [-0.39, 0.29) is 29.7 Å². The maximum atomic E-state index is 13.5. The molecule has 126 valence electrons. The van der Waals surface area contributed by atoms with Crippen molar-refractivity contribution in [2.75, 3.05) is 0 Å². The highest BCUT2D eigenvalue weighted by atomic mass is 19.1. The molecule has 0 spiro atoms. The van der Waals surface area contributed by atoms with Crippen LogP contribution in [0.4, 0.5) is 8.78 Å². The van der Waals surface area contributed by atoms with Crippen molar-refractivity contribution >= 4 is 5.91 Å². The predicted octanol–water partition coefficient (Wildman–Crippen LogP) is 2.37. The molecule has 0 saturated carbocycles. The number of hydrogen-bond donors (Lipinski definition) is 2. The molecule has 2 N–H and O–H groups in total. The summed E-state index contributed by atoms with van der Waals surface area (Å²) in [4.78, 5) is 16.0. The van der Waals surface area contributed by atoms with Gasteiger partial charge < -0.3 is 19.8 Å². The summed E-state index contributed by atoms with van der Waals surface area (Å²) in [5.74, 6) is -2.53. The van der Waals surface area contributed by atoms with Crippen molar-refractivity contribution in [1.29, 1.82) is 0 Å². The quantitative estimate of drug-likeness (QED) is 0.897. The first-order valence-electron chi connectivity index (χ1n) is 7.74. The van der Waals surface area contributed by atoms with Crippen LogP contribution in [0.3, 0.4) is 0 Å². The van der Waals surface area contributed by atoms with E-state index in [0.29, 0.717) is 12.1 Å². The lowest BCUT2D eigenvalue weighted by molar-refractivity contribution is 0.0890. The smallest absolute Gasteiger partial charge is 0.311 e. The third-order valence-corrected chi connectivity index (χ3v) is 4.40. The van der Waals surface area contributed by atoms with E-state index in [2.05, 4.69) is 15.6 Å². The third kappa shape index (κ3) is 2.84. The molecule has 8 heteroatoms.